The second kappa shape index (κ2) is 15.7. The van der Waals surface area contributed by atoms with Crippen LogP contribution in [0.2, 0.25) is 0 Å². The topological polar surface area (TPSA) is 60.7 Å². The number of hydrogen-bond acceptors (Lipinski definition) is 3. The van der Waals surface area contributed by atoms with Crippen molar-refractivity contribution in [3.05, 3.63) is 0 Å². The van der Waals surface area contributed by atoms with Gasteiger partial charge < -0.3 is 14.7 Å². The molecule has 0 aromatic carbocycles. The largest absolute Gasteiger partial charge is 0.328 e. The summed E-state index contributed by atoms with van der Waals surface area (Å²) in [6.07, 6.45) is 0. The number of rotatable bonds is 0. The predicted molar refractivity (Wildman–Crippen MR) is 28.1 cm³/mol. The van der Waals surface area contributed by atoms with Crippen LogP contribution in [0, 0.1) is 0 Å². The van der Waals surface area contributed by atoms with Crippen molar-refractivity contribution < 1.29 is 31.2 Å². The third-order valence-electron chi connectivity index (χ3n) is 0. The zero-order valence-electron chi connectivity index (χ0n) is 2.92. The Morgan fingerprint density at radius 1 is 0.857 bits per heavy atom. The molecule has 0 aliphatic rings. The molecule has 0 saturated carbocycles. The van der Waals surface area contributed by atoms with E-state index in [0.717, 1.165) is 0 Å². The molecule has 7 heavy (non-hydrogen) atoms. The summed E-state index contributed by atoms with van der Waals surface area (Å²) in [5.74, 6) is 0. The normalized spacial score (nSPS) is 5.14. The van der Waals surface area contributed by atoms with Gasteiger partial charge in [0.1, 0.15) is 0 Å². The summed E-state index contributed by atoms with van der Waals surface area (Å²) in [7, 11) is -2.62. The first-order valence-electron chi connectivity index (χ1n) is 0.600. The van der Waals surface area contributed by atoms with Crippen LogP contribution in [0.4, 0.5) is 0 Å². The Bertz CT molecular complexity index is 17.7. The zero-order valence-corrected chi connectivity index (χ0v) is 6.44. The van der Waals surface area contributed by atoms with E-state index in [-0.39, 0.29) is 41.3 Å². The summed E-state index contributed by atoms with van der Waals surface area (Å²) in [6.45, 7) is 0. The van der Waals surface area contributed by atoms with Gasteiger partial charge in [-0.1, -0.05) is 0 Å². The Labute approximate surface area is 64.9 Å². The maximum Gasteiger partial charge on any atom is 0.324 e. The van der Waals surface area contributed by atoms with Gasteiger partial charge in [-0.3, -0.25) is 0 Å². The summed E-state index contributed by atoms with van der Waals surface area (Å²) in [4.78, 5) is 21.7. The van der Waals surface area contributed by atoms with E-state index in [4.69, 9.17) is 14.7 Å². The van der Waals surface area contributed by atoms with Crippen molar-refractivity contribution in [2.24, 2.45) is 0 Å². The van der Waals surface area contributed by atoms with Crippen LogP contribution in [-0.4, -0.2) is 14.7 Å². The molecule has 0 spiro atoms. The van der Waals surface area contributed by atoms with Gasteiger partial charge in [-0.2, -0.15) is 0 Å². The number of hydrogen-bond donors (Lipinski definition) is 3. The molecule has 0 saturated heterocycles. The summed E-state index contributed by atoms with van der Waals surface area (Å²) in [5, 5.41) is 0. The van der Waals surface area contributed by atoms with Crippen molar-refractivity contribution in [2.45, 2.75) is 0 Å². The number of halogens is 2. The molecule has 0 aromatic rings. The van der Waals surface area contributed by atoms with Crippen molar-refractivity contribution in [3.8, 4) is 0 Å². The summed E-state index contributed by atoms with van der Waals surface area (Å²) < 4.78 is 0. The van der Waals surface area contributed by atoms with Crippen LogP contribution in [-0.2, 0) is 16.5 Å². The van der Waals surface area contributed by atoms with Crippen LogP contribution in [0.25, 0.3) is 0 Å². The quantitative estimate of drug-likeness (QED) is 0.393. The summed E-state index contributed by atoms with van der Waals surface area (Å²) >= 11 is 0. The van der Waals surface area contributed by atoms with E-state index in [1.807, 2.05) is 0 Å². The van der Waals surface area contributed by atoms with Crippen LogP contribution in [0.5, 0.6) is 0 Å². The second-order valence-corrected chi connectivity index (χ2v) is 0.805. The smallest absolute Gasteiger partial charge is 0.324 e. The molecule has 0 rings (SSSR count). The molecule has 0 amide bonds. The van der Waals surface area contributed by atoms with Crippen molar-refractivity contribution in [1.29, 1.82) is 0 Å². The van der Waals surface area contributed by atoms with Gasteiger partial charge in [0, 0.05) is 16.5 Å². The third kappa shape index (κ3) is 112. The molecule has 52 valence electrons. The average molecular weight is 214 g/mol. The molecule has 0 bridgehead atoms. The summed E-state index contributed by atoms with van der Waals surface area (Å²) in [5.41, 5.74) is 0. The van der Waals surface area contributed by atoms with Gasteiger partial charge in [0.2, 0.25) is 0 Å². The molecule has 3 N–H and O–H groups in total. The first-order chi connectivity index (χ1) is 1.73. The van der Waals surface area contributed by atoms with E-state index in [1.165, 1.54) is 0 Å². The molecule has 0 unspecified atom stereocenters. The molecule has 0 aromatic heterocycles. The van der Waals surface area contributed by atoms with E-state index < -0.39 is 8.60 Å². The van der Waals surface area contributed by atoms with E-state index in [1.54, 1.807) is 0 Å². The minimum absolute atomic E-state index is 0. The maximum atomic E-state index is 7.23. The fourth-order valence-corrected chi connectivity index (χ4v) is 0. The van der Waals surface area contributed by atoms with Crippen molar-refractivity contribution >= 4 is 33.4 Å². The molecule has 0 aliphatic heterocycles. The van der Waals surface area contributed by atoms with Crippen LogP contribution >= 0.6 is 33.4 Å². The molecule has 0 radical (unpaired) electrons. The standard InChI is InChI=1S/2ClH.Ni.H3O3P/c;;;1-4(2)3/h2*1H;;1-3H. The Morgan fingerprint density at radius 3 is 0.857 bits per heavy atom. The summed E-state index contributed by atoms with van der Waals surface area (Å²) in [6, 6.07) is 0. The van der Waals surface area contributed by atoms with Crippen LogP contribution in [0.1, 0.15) is 0 Å². The van der Waals surface area contributed by atoms with Crippen LogP contribution < -0.4 is 0 Å². The van der Waals surface area contributed by atoms with Crippen LogP contribution in [0.15, 0.2) is 0 Å². The predicted octanol–water partition coefficient (Wildman–Crippen LogP) is 0.0313. The van der Waals surface area contributed by atoms with Crippen LogP contribution in [0.3, 0.4) is 0 Å². The third-order valence-corrected chi connectivity index (χ3v) is 0. The molecular weight excluding hydrogens is 209 g/mol. The van der Waals surface area contributed by atoms with E-state index in [2.05, 4.69) is 0 Å². The molecule has 0 heterocycles. The van der Waals surface area contributed by atoms with Crippen molar-refractivity contribution in [1.82, 2.24) is 0 Å². The Morgan fingerprint density at radius 2 is 0.857 bits per heavy atom. The molecule has 7 heteroatoms. The SMILES string of the molecule is Cl.Cl.OP(O)O.[Ni]. The Balaban J connectivity index is -0.0000000150. The first-order valence-corrected chi connectivity index (χ1v) is 1.80. The van der Waals surface area contributed by atoms with Gasteiger partial charge in [0.25, 0.3) is 0 Å². The zero-order chi connectivity index (χ0) is 3.58. The average Bonchev–Trinajstić information content (AvgIpc) is 0.811. The van der Waals surface area contributed by atoms with Gasteiger partial charge in [0.05, 0.1) is 0 Å². The van der Waals surface area contributed by atoms with Gasteiger partial charge in [0.15, 0.2) is 0 Å². The maximum absolute atomic E-state index is 7.23. The molecular formula is H5Cl2NiO3P. The van der Waals surface area contributed by atoms with Crippen molar-refractivity contribution in [2.75, 3.05) is 0 Å². The molecule has 0 aliphatic carbocycles. The monoisotopic (exact) mass is 212 g/mol. The molecule has 3 nitrogen and oxygen atoms in total. The molecule has 0 fully saturated rings. The Hall–Kier alpha value is 1.38. The minimum atomic E-state index is -2.62. The second-order valence-electron chi connectivity index (χ2n) is 0.268. The van der Waals surface area contributed by atoms with Gasteiger partial charge in [-0.05, 0) is 0 Å². The van der Waals surface area contributed by atoms with Gasteiger partial charge in [-0.25, -0.2) is 0 Å². The van der Waals surface area contributed by atoms with Gasteiger partial charge >= 0.3 is 8.60 Å². The van der Waals surface area contributed by atoms with Crippen molar-refractivity contribution in [3.63, 3.8) is 0 Å². The molecule has 0 atom stereocenters. The van der Waals surface area contributed by atoms with E-state index in [0.29, 0.717) is 0 Å². The van der Waals surface area contributed by atoms with E-state index in [9.17, 15) is 0 Å². The fourth-order valence-electron chi connectivity index (χ4n) is 0. The minimum Gasteiger partial charge on any atom is -0.328 e. The first kappa shape index (κ1) is 23.8. The van der Waals surface area contributed by atoms with E-state index >= 15 is 0 Å². The Kier molecular flexibility index (Phi) is 53.2. The fraction of sp³-hybridized carbons (Fsp3) is 0. The van der Waals surface area contributed by atoms with Gasteiger partial charge in [-0.15, -0.1) is 24.8 Å².